The molecule has 0 heterocycles. The van der Waals surface area contributed by atoms with Crippen LogP contribution in [0, 0.1) is 6.92 Å². The lowest BCUT2D eigenvalue weighted by molar-refractivity contribution is -0.114. The van der Waals surface area contributed by atoms with Crippen LogP contribution in [0.5, 0.6) is 0 Å². The van der Waals surface area contributed by atoms with Crippen molar-refractivity contribution in [2.45, 2.75) is 18.7 Å². The quantitative estimate of drug-likeness (QED) is 0.746. The van der Waals surface area contributed by atoms with Gasteiger partial charge in [-0.2, -0.15) is 8.42 Å². The van der Waals surface area contributed by atoms with Crippen LogP contribution in [0.4, 0.5) is 5.69 Å². The van der Waals surface area contributed by atoms with Crippen LogP contribution >= 0.6 is 0 Å². The maximum atomic E-state index is 10.8. The molecule has 0 aromatic heterocycles. The zero-order chi connectivity index (χ0) is 11.6. The first-order valence-electron chi connectivity index (χ1n) is 4.16. The summed E-state index contributed by atoms with van der Waals surface area (Å²) in [5.74, 6) is -0.238. The van der Waals surface area contributed by atoms with Gasteiger partial charge in [-0.15, -0.1) is 0 Å². The first-order valence-corrected chi connectivity index (χ1v) is 5.60. The van der Waals surface area contributed by atoms with Crippen molar-refractivity contribution in [1.29, 1.82) is 0 Å². The lowest BCUT2D eigenvalue weighted by Gasteiger charge is -2.07. The third kappa shape index (κ3) is 3.03. The van der Waals surface area contributed by atoms with E-state index in [0.29, 0.717) is 11.3 Å². The van der Waals surface area contributed by atoms with Gasteiger partial charge >= 0.3 is 0 Å². The van der Waals surface area contributed by atoms with Crippen molar-refractivity contribution in [2.75, 3.05) is 5.32 Å². The number of benzene rings is 1. The van der Waals surface area contributed by atoms with Crippen LogP contribution in [-0.2, 0) is 14.9 Å². The van der Waals surface area contributed by atoms with E-state index in [0.717, 1.165) is 0 Å². The molecule has 6 heteroatoms. The molecule has 0 aliphatic heterocycles. The van der Waals surface area contributed by atoms with E-state index in [1.54, 1.807) is 6.92 Å². The van der Waals surface area contributed by atoms with Gasteiger partial charge in [0.15, 0.2) is 0 Å². The van der Waals surface area contributed by atoms with Crippen molar-refractivity contribution in [1.82, 2.24) is 0 Å². The number of aryl methyl sites for hydroxylation is 1. The van der Waals surface area contributed by atoms with Gasteiger partial charge in [-0.3, -0.25) is 9.35 Å². The Labute approximate surface area is 87.9 Å². The highest BCUT2D eigenvalue weighted by Crippen LogP contribution is 2.19. The van der Waals surface area contributed by atoms with Crippen molar-refractivity contribution in [3.63, 3.8) is 0 Å². The molecule has 2 N–H and O–H groups in total. The molecule has 0 bridgehead atoms. The van der Waals surface area contributed by atoms with E-state index in [-0.39, 0.29) is 10.8 Å². The Balaban J connectivity index is 3.15. The Morgan fingerprint density at radius 1 is 1.40 bits per heavy atom. The first kappa shape index (κ1) is 11.7. The van der Waals surface area contributed by atoms with Crippen molar-refractivity contribution >= 4 is 21.7 Å². The normalized spacial score (nSPS) is 11.1. The van der Waals surface area contributed by atoms with Crippen LogP contribution in [0.3, 0.4) is 0 Å². The first-order chi connectivity index (χ1) is 6.80. The second kappa shape index (κ2) is 4.00. The molecule has 82 valence electrons. The Morgan fingerprint density at radius 3 is 2.40 bits per heavy atom. The van der Waals surface area contributed by atoms with E-state index < -0.39 is 10.1 Å². The standard InChI is InChI=1S/C9H11NO4S/c1-6-5-8(15(12,13)14)3-4-9(6)10-7(2)11/h3-5H,1-2H3,(H,10,11)(H,12,13,14). The van der Waals surface area contributed by atoms with Crippen LogP contribution in [0.15, 0.2) is 23.1 Å². The van der Waals surface area contributed by atoms with Gasteiger partial charge in [-0.1, -0.05) is 0 Å². The third-order valence-corrected chi connectivity index (χ3v) is 2.66. The number of carbonyl (C=O) groups excluding carboxylic acids is 1. The minimum atomic E-state index is -4.18. The summed E-state index contributed by atoms with van der Waals surface area (Å²) in [6, 6.07) is 3.95. The average molecular weight is 229 g/mol. The van der Waals surface area contributed by atoms with Crippen molar-refractivity contribution < 1.29 is 17.8 Å². The van der Waals surface area contributed by atoms with Crippen LogP contribution in [0.2, 0.25) is 0 Å². The molecular weight excluding hydrogens is 218 g/mol. The monoisotopic (exact) mass is 229 g/mol. The van der Waals surface area contributed by atoms with Gasteiger partial charge in [0.1, 0.15) is 0 Å². The van der Waals surface area contributed by atoms with E-state index in [1.807, 2.05) is 0 Å². The fourth-order valence-corrected chi connectivity index (χ4v) is 1.69. The minimum absolute atomic E-state index is 0.186. The summed E-state index contributed by atoms with van der Waals surface area (Å²) < 4.78 is 30.3. The smallest absolute Gasteiger partial charge is 0.294 e. The fraction of sp³-hybridized carbons (Fsp3) is 0.222. The Morgan fingerprint density at radius 2 is 2.00 bits per heavy atom. The van der Waals surface area contributed by atoms with Gasteiger partial charge in [0.25, 0.3) is 10.1 Å². The van der Waals surface area contributed by atoms with Gasteiger partial charge in [0, 0.05) is 12.6 Å². The lowest BCUT2D eigenvalue weighted by atomic mass is 10.2. The van der Waals surface area contributed by atoms with Crippen molar-refractivity contribution in [3.05, 3.63) is 23.8 Å². The molecule has 1 aromatic rings. The van der Waals surface area contributed by atoms with Gasteiger partial charge in [0.05, 0.1) is 4.90 Å². The highest BCUT2D eigenvalue weighted by atomic mass is 32.2. The number of hydrogen-bond donors (Lipinski definition) is 2. The minimum Gasteiger partial charge on any atom is -0.326 e. The molecule has 1 aromatic carbocycles. The predicted octanol–water partition coefficient (Wildman–Crippen LogP) is 1.20. The van der Waals surface area contributed by atoms with Crippen molar-refractivity contribution in [2.24, 2.45) is 0 Å². The van der Waals surface area contributed by atoms with E-state index in [9.17, 15) is 13.2 Å². The number of rotatable bonds is 2. The zero-order valence-corrected chi connectivity index (χ0v) is 9.13. The summed E-state index contributed by atoms with van der Waals surface area (Å²) in [7, 11) is -4.18. The van der Waals surface area contributed by atoms with E-state index in [4.69, 9.17) is 4.55 Å². The zero-order valence-electron chi connectivity index (χ0n) is 8.31. The summed E-state index contributed by atoms with van der Waals surface area (Å²) in [4.78, 5) is 10.6. The molecule has 1 rings (SSSR count). The summed E-state index contributed by atoms with van der Waals surface area (Å²) in [5.41, 5.74) is 1.09. The maximum Gasteiger partial charge on any atom is 0.294 e. The summed E-state index contributed by atoms with van der Waals surface area (Å²) in [6.07, 6.45) is 0. The summed E-state index contributed by atoms with van der Waals surface area (Å²) in [5, 5.41) is 2.54. The Kier molecular flexibility index (Phi) is 3.11. The highest BCUT2D eigenvalue weighted by molar-refractivity contribution is 7.85. The van der Waals surface area contributed by atoms with Crippen LogP contribution in [0.1, 0.15) is 12.5 Å². The topological polar surface area (TPSA) is 83.5 Å². The van der Waals surface area contributed by atoms with Crippen LogP contribution < -0.4 is 5.32 Å². The Bertz CT molecular complexity index is 493. The molecule has 0 radical (unpaired) electrons. The van der Waals surface area contributed by atoms with E-state index >= 15 is 0 Å². The molecule has 0 spiro atoms. The molecule has 0 aliphatic rings. The third-order valence-electron chi connectivity index (χ3n) is 1.81. The predicted molar refractivity (Wildman–Crippen MR) is 55.3 cm³/mol. The molecule has 0 aliphatic carbocycles. The number of amides is 1. The van der Waals surface area contributed by atoms with Gasteiger partial charge in [-0.05, 0) is 30.7 Å². The molecular formula is C9H11NO4S. The lowest BCUT2D eigenvalue weighted by Crippen LogP contribution is -2.08. The molecule has 0 atom stereocenters. The maximum absolute atomic E-state index is 10.8. The summed E-state index contributed by atoms with van der Waals surface area (Å²) >= 11 is 0. The molecule has 0 saturated carbocycles. The molecule has 5 nitrogen and oxygen atoms in total. The molecule has 15 heavy (non-hydrogen) atoms. The van der Waals surface area contributed by atoms with Gasteiger partial charge < -0.3 is 5.32 Å². The van der Waals surface area contributed by atoms with Gasteiger partial charge in [-0.25, -0.2) is 0 Å². The molecule has 0 fully saturated rings. The van der Waals surface area contributed by atoms with Crippen molar-refractivity contribution in [3.8, 4) is 0 Å². The average Bonchev–Trinajstić information content (AvgIpc) is 2.05. The van der Waals surface area contributed by atoms with E-state index in [1.165, 1.54) is 25.1 Å². The summed E-state index contributed by atoms with van der Waals surface area (Å²) in [6.45, 7) is 3.00. The second-order valence-corrected chi connectivity index (χ2v) is 4.55. The highest BCUT2D eigenvalue weighted by Gasteiger charge is 2.11. The Hall–Kier alpha value is -1.40. The fourth-order valence-electron chi connectivity index (χ4n) is 1.13. The number of anilines is 1. The molecule has 0 saturated heterocycles. The van der Waals surface area contributed by atoms with E-state index in [2.05, 4.69) is 5.32 Å². The molecule has 1 amide bonds. The molecule has 0 unspecified atom stereocenters. The number of hydrogen-bond acceptors (Lipinski definition) is 3. The number of carbonyl (C=O) groups is 1. The van der Waals surface area contributed by atoms with Crippen LogP contribution in [0.25, 0.3) is 0 Å². The SMILES string of the molecule is CC(=O)Nc1ccc(S(=O)(=O)O)cc1C. The largest absolute Gasteiger partial charge is 0.326 e. The number of nitrogens with one attached hydrogen (secondary N) is 1. The van der Waals surface area contributed by atoms with Gasteiger partial charge in [0.2, 0.25) is 5.91 Å². The van der Waals surface area contributed by atoms with Crippen LogP contribution in [-0.4, -0.2) is 18.9 Å². The second-order valence-electron chi connectivity index (χ2n) is 3.13.